The summed E-state index contributed by atoms with van der Waals surface area (Å²) in [5.74, 6) is 1.09. The lowest BCUT2D eigenvalue weighted by molar-refractivity contribution is -0.894. The minimum Gasteiger partial charge on any atom is -0.497 e. The van der Waals surface area contributed by atoms with Crippen LogP contribution in [0.25, 0.3) is 10.9 Å². The van der Waals surface area contributed by atoms with Crippen LogP contribution in [0.2, 0.25) is 0 Å². The molecule has 2 aromatic carbocycles. The van der Waals surface area contributed by atoms with Gasteiger partial charge < -0.3 is 19.5 Å². The fraction of sp³-hybridized carbons (Fsp3) is 0.318. The lowest BCUT2D eigenvalue weighted by atomic mass is 10.1. The van der Waals surface area contributed by atoms with Gasteiger partial charge in [-0.1, -0.05) is 18.2 Å². The maximum atomic E-state index is 12.8. The number of hydrogen-bond donors (Lipinski definition) is 2. The third kappa shape index (κ3) is 3.55. The van der Waals surface area contributed by atoms with E-state index < -0.39 is 0 Å². The van der Waals surface area contributed by atoms with Gasteiger partial charge in [-0.2, -0.15) is 0 Å². The molecule has 5 nitrogen and oxygen atoms in total. The van der Waals surface area contributed by atoms with Crippen molar-refractivity contribution in [2.24, 2.45) is 0 Å². The first-order chi connectivity index (χ1) is 13.2. The third-order valence-electron chi connectivity index (χ3n) is 5.53. The van der Waals surface area contributed by atoms with Crippen molar-refractivity contribution in [1.82, 2.24) is 4.98 Å². The number of nitrogens with one attached hydrogen (secondary N) is 2. The topological polar surface area (TPSA) is 49.8 Å². The van der Waals surface area contributed by atoms with Gasteiger partial charge in [0.15, 0.2) is 0 Å². The van der Waals surface area contributed by atoms with Gasteiger partial charge in [0.05, 0.1) is 32.8 Å². The molecule has 140 valence electrons. The number of para-hydroxylation sites is 1. The largest absolute Gasteiger partial charge is 0.497 e. The Hall–Kier alpha value is -2.79. The molecule has 0 saturated carbocycles. The summed E-state index contributed by atoms with van der Waals surface area (Å²) in [6.45, 7) is 5.65. The number of quaternary nitrogens is 1. The van der Waals surface area contributed by atoms with Gasteiger partial charge >= 0.3 is 0 Å². The minimum absolute atomic E-state index is 0.215. The number of fused-ring (bicyclic) bond motifs is 1. The summed E-state index contributed by atoms with van der Waals surface area (Å²) >= 11 is 0. The Balaban J connectivity index is 1.41. The van der Waals surface area contributed by atoms with E-state index in [1.807, 2.05) is 42.6 Å². The van der Waals surface area contributed by atoms with Crippen LogP contribution in [0.3, 0.4) is 0 Å². The standard InChI is InChI=1S/C22H25N3O2/c1-16-14-24(11-12-25(16)17-7-9-18(27-2)10-8-17)15-22(26)20-13-23-21-6-4-3-5-19(20)21/h3-10,13,16,23H,11-12,14-15H2,1-2H3/p+1/t16-/m0/s1. The number of aromatic amines is 1. The molecule has 2 heterocycles. The first-order valence-corrected chi connectivity index (χ1v) is 9.49. The van der Waals surface area contributed by atoms with Gasteiger partial charge in [-0.25, -0.2) is 0 Å². The van der Waals surface area contributed by atoms with E-state index in [1.54, 1.807) is 7.11 Å². The maximum Gasteiger partial charge on any atom is 0.219 e. The van der Waals surface area contributed by atoms with Gasteiger partial charge in [0.2, 0.25) is 5.78 Å². The first kappa shape index (κ1) is 17.6. The fourth-order valence-electron chi connectivity index (χ4n) is 4.07. The number of benzene rings is 2. The van der Waals surface area contributed by atoms with Crippen LogP contribution in [0.15, 0.2) is 54.7 Å². The molecule has 0 radical (unpaired) electrons. The van der Waals surface area contributed by atoms with E-state index in [1.165, 1.54) is 10.6 Å². The molecular weight excluding hydrogens is 338 g/mol. The highest BCUT2D eigenvalue weighted by Crippen LogP contribution is 2.21. The second-order valence-electron chi connectivity index (χ2n) is 7.29. The number of piperazine rings is 1. The van der Waals surface area contributed by atoms with E-state index in [0.717, 1.165) is 41.9 Å². The van der Waals surface area contributed by atoms with E-state index in [-0.39, 0.29) is 5.78 Å². The number of aromatic nitrogens is 1. The maximum absolute atomic E-state index is 12.8. The van der Waals surface area contributed by atoms with Gasteiger partial charge in [-0.3, -0.25) is 4.79 Å². The first-order valence-electron chi connectivity index (χ1n) is 9.49. The molecule has 0 spiro atoms. The van der Waals surface area contributed by atoms with Crippen molar-refractivity contribution >= 4 is 22.4 Å². The Kier molecular flexibility index (Phi) is 4.86. The number of anilines is 1. The second-order valence-corrected chi connectivity index (χ2v) is 7.29. The number of carbonyl (C=O) groups excluding carboxylic acids is 1. The molecule has 2 N–H and O–H groups in total. The SMILES string of the molecule is COc1ccc(N2CC[NH+](CC(=O)c3c[nH]c4ccccc34)C[C@@H]2C)cc1. The third-order valence-corrected chi connectivity index (χ3v) is 5.53. The Labute approximate surface area is 159 Å². The summed E-state index contributed by atoms with van der Waals surface area (Å²) < 4.78 is 5.25. The average molecular weight is 364 g/mol. The molecule has 0 bridgehead atoms. The van der Waals surface area contributed by atoms with Crippen molar-refractivity contribution < 1.29 is 14.4 Å². The number of ether oxygens (including phenoxy) is 1. The number of hydrogen-bond acceptors (Lipinski definition) is 3. The van der Waals surface area contributed by atoms with Crippen LogP contribution >= 0.6 is 0 Å². The zero-order valence-corrected chi connectivity index (χ0v) is 15.9. The number of nitrogens with zero attached hydrogens (tertiary/aromatic N) is 1. The molecule has 4 rings (SSSR count). The summed E-state index contributed by atoms with van der Waals surface area (Å²) in [7, 11) is 1.68. The fourth-order valence-corrected chi connectivity index (χ4v) is 4.07. The van der Waals surface area contributed by atoms with E-state index in [4.69, 9.17) is 4.74 Å². The molecule has 1 fully saturated rings. The number of ketones is 1. The van der Waals surface area contributed by atoms with Crippen LogP contribution in [-0.4, -0.2) is 50.1 Å². The quantitative estimate of drug-likeness (QED) is 0.682. The predicted molar refractivity (Wildman–Crippen MR) is 108 cm³/mol. The van der Waals surface area contributed by atoms with Gasteiger partial charge in [0.1, 0.15) is 12.3 Å². The van der Waals surface area contributed by atoms with E-state index in [9.17, 15) is 4.79 Å². The molecule has 1 saturated heterocycles. The molecule has 1 aliphatic heterocycles. The lowest BCUT2D eigenvalue weighted by Crippen LogP contribution is -3.16. The summed E-state index contributed by atoms with van der Waals surface area (Å²) in [5.41, 5.74) is 3.04. The van der Waals surface area contributed by atoms with E-state index >= 15 is 0 Å². The molecule has 3 aromatic rings. The van der Waals surface area contributed by atoms with Crippen LogP contribution in [0.4, 0.5) is 5.69 Å². The summed E-state index contributed by atoms with van der Waals surface area (Å²) in [6, 6.07) is 16.6. The van der Waals surface area contributed by atoms with Crippen molar-refractivity contribution in [3.05, 3.63) is 60.3 Å². The zero-order valence-electron chi connectivity index (χ0n) is 15.9. The van der Waals surface area contributed by atoms with Crippen molar-refractivity contribution in [1.29, 1.82) is 0 Å². The summed E-state index contributed by atoms with van der Waals surface area (Å²) in [6.07, 6.45) is 1.85. The summed E-state index contributed by atoms with van der Waals surface area (Å²) in [5, 5.41) is 1.02. The minimum atomic E-state index is 0.215. The Morgan fingerprint density at radius 2 is 2.00 bits per heavy atom. The number of H-pyrrole nitrogens is 1. The molecule has 0 aliphatic carbocycles. The van der Waals surface area contributed by atoms with Crippen LogP contribution < -0.4 is 14.5 Å². The van der Waals surface area contributed by atoms with Crippen molar-refractivity contribution in [2.45, 2.75) is 13.0 Å². The number of Topliss-reactive ketones (excluding diaryl/α,β-unsaturated/α-hetero) is 1. The highest BCUT2D eigenvalue weighted by Gasteiger charge is 2.29. The molecule has 27 heavy (non-hydrogen) atoms. The number of methoxy groups -OCH3 is 1. The van der Waals surface area contributed by atoms with Crippen LogP contribution in [0.5, 0.6) is 5.75 Å². The molecule has 0 amide bonds. The average Bonchev–Trinajstić information content (AvgIpc) is 3.12. The molecular formula is C22H26N3O2+. The van der Waals surface area contributed by atoms with Crippen LogP contribution in [0.1, 0.15) is 17.3 Å². The van der Waals surface area contributed by atoms with E-state index in [2.05, 4.69) is 28.9 Å². The van der Waals surface area contributed by atoms with E-state index in [0.29, 0.717) is 12.6 Å². The predicted octanol–water partition coefficient (Wildman–Crippen LogP) is 2.15. The van der Waals surface area contributed by atoms with Gasteiger partial charge in [-0.15, -0.1) is 0 Å². The Morgan fingerprint density at radius 1 is 1.22 bits per heavy atom. The smallest absolute Gasteiger partial charge is 0.219 e. The number of rotatable bonds is 5. The van der Waals surface area contributed by atoms with Crippen LogP contribution in [-0.2, 0) is 0 Å². The van der Waals surface area contributed by atoms with Gasteiger partial charge in [0, 0.05) is 28.4 Å². The summed E-state index contributed by atoms with van der Waals surface area (Å²) in [4.78, 5) is 19.8. The Morgan fingerprint density at radius 3 is 2.74 bits per heavy atom. The molecule has 5 heteroatoms. The lowest BCUT2D eigenvalue weighted by Gasteiger charge is -2.38. The highest BCUT2D eigenvalue weighted by molar-refractivity contribution is 6.08. The Bertz CT molecular complexity index is 932. The second kappa shape index (κ2) is 7.45. The molecule has 1 unspecified atom stereocenters. The highest BCUT2D eigenvalue weighted by atomic mass is 16.5. The van der Waals surface area contributed by atoms with Gasteiger partial charge in [0.25, 0.3) is 0 Å². The molecule has 1 aromatic heterocycles. The molecule has 2 atom stereocenters. The van der Waals surface area contributed by atoms with Crippen LogP contribution in [0, 0.1) is 0 Å². The van der Waals surface area contributed by atoms with Gasteiger partial charge in [-0.05, 0) is 37.3 Å². The van der Waals surface area contributed by atoms with Crippen molar-refractivity contribution in [2.75, 3.05) is 38.2 Å². The van der Waals surface area contributed by atoms with Crippen molar-refractivity contribution in [3.8, 4) is 5.75 Å². The normalized spacial score (nSPS) is 20.0. The zero-order chi connectivity index (χ0) is 18.8. The molecule has 1 aliphatic rings. The van der Waals surface area contributed by atoms with Crippen molar-refractivity contribution in [3.63, 3.8) is 0 Å². The number of carbonyl (C=O) groups is 1. The monoisotopic (exact) mass is 364 g/mol.